The van der Waals surface area contributed by atoms with Crippen molar-refractivity contribution in [3.8, 4) is 5.75 Å². The van der Waals surface area contributed by atoms with Crippen LogP contribution in [0.2, 0.25) is 0 Å². The van der Waals surface area contributed by atoms with E-state index in [0.29, 0.717) is 12.6 Å². The molecule has 2 nitrogen and oxygen atoms in total. The fourth-order valence-electron chi connectivity index (χ4n) is 2.27. The second-order valence-corrected chi connectivity index (χ2v) is 5.53. The zero-order valence-electron chi connectivity index (χ0n) is 13.2. The minimum atomic E-state index is 0.316. The zero-order valence-corrected chi connectivity index (χ0v) is 13.2. The summed E-state index contributed by atoms with van der Waals surface area (Å²) in [6.45, 7) is 8.00. The van der Waals surface area contributed by atoms with Crippen molar-refractivity contribution in [2.45, 2.75) is 39.8 Å². The van der Waals surface area contributed by atoms with Gasteiger partial charge in [-0.3, -0.25) is 0 Å². The molecule has 21 heavy (non-hydrogen) atoms. The van der Waals surface area contributed by atoms with Gasteiger partial charge in [-0.25, -0.2) is 0 Å². The molecule has 0 aliphatic carbocycles. The van der Waals surface area contributed by atoms with Crippen LogP contribution in [-0.4, -0.2) is 12.6 Å². The molecule has 0 aliphatic rings. The van der Waals surface area contributed by atoms with Crippen LogP contribution in [-0.2, 0) is 13.0 Å². The van der Waals surface area contributed by atoms with Crippen molar-refractivity contribution < 1.29 is 4.74 Å². The van der Waals surface area contributed by atoms with Gasteiger partial charge in [-0.05, 0) is 43.5 Å². The van der Waals surface area contributed by atoms with Crippen LogP contribution in [0.4, 0.5) is 0 Å². The molecule has 112 valence electrons. The maximum atomic E-state index is 5.81. The van der Waals surface area contributed by atoms with Crippen LogP contribution in [0.1, 0.15) is 30.5 Å². The Morgan fingerprint density at radius 2 is 1.67 bits per heavy atom. The Morgan fingerprint density at radius 1 is 1.00 bits per heavy atom. The summed E-state index contributed by atoms with van der Waals surface area (Å²) in [6, 6.07) is 17.1. The fourth-order valence-corrected chi connectivity index (χ4v) is 2.27. The third kappa shape index (κ3) is 4.91. The number of ether oxygens (including phenoxy) is 1. The van der Waals surface area contributed by atoms with E-state index < -0.39 is 0 Å². The summed E-state index contributed by atoms with van der Waals surface area (Å²) < 4.78 is 5.81. The lowest BCUT2D eigenvalue weighted by Gasteiger charge is -2.16. The summed E-state index contributed by atoms with van der Waals surface area (Å²) >= 11 is 0. The first-order valence-corrected chi connectivity index (χ1v) is 7.68. The highest BCUT2D eigenvalue weighted by molar-refractivity contribution is 5.27. The average Bonchev–Trinajstić information content (AvgIpc) is 2.52. The standard InChI is InChI=1S/C19H25NO/c1-4-17-7-5-6-8-18(17)13-20-16(3)14-21-19-11-9-15(2)10-12-19/h5-12,16,20H,4,13-14H2,1-3H3. The van der Waals surface area contributed by atoms with E-state index >= 15 is 0 Å². The topological polar surface area (TPSA) is 21.3 Å². The highest BCUT2D eigenvalue weighted by Gasteiger charge is 2.05. The molecule has 0 saturated heterocycles. The maximum Gasteiger partial charge on any atom is 0.119 e. The van der Waals surface area contributed by atoms with Gasteiger partial charge < -0.3 is 10.1 Å². The van der Waals surface area contributed by atoms with Gasteiger partial charge in [0, 0.05) is 12.6 Å². The van der Waals surface area contributed by atoms with Gasteiger partial charge in [0.1, 0.15) is 12.4 Å². The molecule has 0 aromatic heterocycles. The van der Waals surface area contributed by atoms with Crippen molar-refractivity contribution in [3.05, 3.63) is 65.2 Å². The van der Waals surface area contributed by atoms with Gasteiger partial charge in [-0.15, -0.1) is 0 Å². The minimum absolute atomic E-state index is 0.316. The monoisotopic (exact) mass is 283 g/mol. The van der Waals surface area contributed by atoms with Gasteiger partial charge in [-0.1, -0.05) is 48.9 Å². The van der Waals surface area contributed by atoms with E-state index in [2.05, 4.69) is 62.5 Å². The SMILES string of the molecule is CCc1ccccc1CNC(C)COc1ccc(C)cc1. The summed E-state index contributed by atoms with van der Waals surface area (Å²) in [4.78, 5) is 0. The van der Waals surface area contributed by atoms with Crippen LogP contribution in [0.3, 0.4) is 0 Å². The predicted molar refractivity (Wildman–Crippen MR) is 88.8 cm³/mol. The van der Waals surface area contributed by atoms with Gasteiger partial charge in [0.05, 0.1) is 0 Å². The van der Waals surface area contributed by atoms with Gasteiger partial charge >= 0.3 is 0 Å². The summed E-state index contributed by atoms with van der Waals surface area (Å²) in [5, 5.41) is 3.53. The van der Waals surface area contributed by atoms with E-state index in [0.717, 1.165) is 18.7 Å². The first kappa shape index (κ1) is 15.6. The van der Waals surface area contributed by atoms with E-state index in [9.17, 15) is 0 Å². The van der Waals surface area contributed by atoms with Crippen LogP contribution in [0.5, 0.6) is 5.75 Å². The second-order valence-electron chi connectivity index (χ2n) is 5.53. The molecule has 0 bridgehead atoms. The molecule has 2 heteroatoms. The van der Waals surface area contributed by atoms with E-state index in [-0.39, 0.29) is 0 Å². The highest BCUT2D eigenvalue weighted by atomic mass is 16.5. The summed E-state index contributed by atoms with van der Waals surface area (Å²) in [5.74, 6) is 0.934. The Hall–Kier alpha value is -1.80. The summed E-state index contributed by atoms with van der Waals surface area (Å²) in [6.07, 6.45) is 1.08. The Balaban J connectivity index is 1.79. The average molecular weight is 283 g/mol. The Morgan fingerprint density at radius 3 is 2.33 bits per heavy atom. The number of aryl methyl sites for hydroxylation is 2. The molecule has 0 fully saturated rings. The predicted octanol–water partition coefficient (Wildman–Crippen LogP) is 4.11. The molecule has 1 N–H and O–H groups in total. The number of hydrogen-bond acceptors (Lipinski definition) is 2. The molecule has 0 saturated carbocycles. The van der Waals surface area contributed by atoms with Crippen molar-refractivity contribution in [3.63, 3.8) is 0 Å². The number of hydrogen-bond donors (Lipinski definition) is 1. The van der Waals surface area contributed by atoms with E-state index in [4.69, 9.17) is 4.74 Å². The van der Waals surface area contributed by atoms with Crippen molar-refractivity contribution in [2.75, 3.05) is 6.61 Å². The lowest BCUT2D eigenvalue weighted by Crippen LogP contribution is -2.31. The molecular weight excluding hydrogens is 258 g/mol. The minimum Gasteiger partial charge on any atom is -0.492 e. The molecule has 0 radical (unpaired) electrons. The molecule has 2 rings (SSSR count). The molecular formula is C19H25NO. The fraction of sp³-hybridized carbons (Fsp3) is 0.368. The Bertz CT molecular complexity index is 548. The second kappa shape index (κ2) is 7.84. The molecule has 0 heterocycles. The number of benzene rings is 2. The van der Waals surface area contributed by atoms with E-state index in [1.54, 1.807) is 0 Å². The van der Waals surface area contributed by atoms with Crippen LogP contribution in [0.25, 0.3) is 0 Å². The number of rotatable bonds is 7. The first-order chi connectivity index (χ1) is 10.2. The summed E-state index contributed by atoms with van der Waals surface area (Å²) in [7, 11) is 0. The first-order valence-electron chi connectivity index (χ1n) is 7.68. The lowest BCUT2D eigenvalue weighted by molar-refractivity contribution is 0.272. The van der Waals surface area contributed by atoms with E-state index in [1.807, 2.05) is 12.1 Å². The molecule has 2 aromatic carbocycles. The van der Waals surface area contributed by atoms with Crippen molar-refractivity contribution in [2.24, 2.45) is 0 Å². The van der Waals surface area contributed by atoms with E-state index in [1.165, 1.54) is 16.7 Å². The van der Waals surface area contributed by atoms with Crippen LogP contribution in [0.15, 0.2) is 48.5 Å². The quantitative estimate of drug-likeness (QED) is 0.825. The Labute approximate surface area is 128 Å². The van der Waals surface area contributed by atoms with Crippen molar-refractivity contribution in [1.82, 2.24) is 5.32 Å². The van der Waals surface area contributed by atoms with Crippen LogP contribution in [0, 0.1) is 6.92 Å². The van der Waals surface area contributed by atoms with Crippen LogP contribution < -0.4 is 10.1 Å². The third-order valence-electron chi connectivity index (χ3n) is 3.66. The normalized spacial score (nSPS) is 12.1. The van der Waals surface area contributed by atoms with Gasteiger partial charge in [0.15, 0.2) is 0 Å². The highest BCUT2D eigenvalue weighted by Crippen LogP contribution is 2.12. The third-order valence-corrected chi connectivity index (χ3v) is 3.66. The molecule has 0 spiro atoms. The molecule has 0 aliphatic heterocycles. The van der Waals surface area contributed by atoms with Crippen molar-refractivity contribution >= 4 is 0 Å². The zero-order chi connectivity index (χ0) is 15.1. The summed E-state index contributed by atoms with van der Waals surface area (Å²) in [5.41, 5.74) is 4.04. The van der Waals surface area contributed by atoms with Gasteiger partial charge in [0.25, 0.3) is 0 Å². The van der Waals surface area contributed by atoms with Gasteiger partial charge in [0.2, 0.25) is 0 Å². The number of nitrogens with one attached hydrogen (secondary N) is 1. The lowest BCUT2D eigenvalue weighted by atomic mass is 10.1. The molecule has 1 unspecified atom stereocenters. The smallest absolute Gasteiger partial charge is 0.119 e. The molecule has 1 atom stereocenters. The largest absolute Gasteiger partial charge is 0.492 e. The molecule has 2 aromatic rings. The van der Waals surface area contributed by atoms with Crippen LogP contribution >= 0.6 is 0 Å². The maximum absolute atomic E-state index is 5.81. The van der Waals surface area contributed by atoms with Crippen molar-refractivity contribution in [1.29, 1.82) is 0 Å². The molecule has 0 amide bonds. The van der Waals surface area contributed by atoms with Gasteiger partial charge in [-0.2, -0.15) is 0 Å². The Kier molecular flexibility index (Phi) is 5.82.